The van der Waals surface area contributed by atoms with E-state index in [0.29, 0.717) is 0 Å². The summed E-state index contributed by atoms with van der Waals surface area (Å²) < 4.78 is 6.07. The lowest BCUT2D eigenvalue weighted by Gasteiger charge is -2.18. The first-order valence-corrected chi connectivity index (χ1v) is 7.44. The average molecular weight is 284 g/mol. The SMILES string of the molecule is C=CCN(CC=C)Cc1oc2ccccc2c1CNCC. The molecule has 2 rings (SSSR count). The van der Waals surface area contributed by atoms with Crippen molar-refractivity contribution in [2.24, 2.45) is 0 Å². The van der Waals surface area contributed by atoms with Crippen molar-refractivity contribution in [1.29, 1.82) is 0 Å². The van der Waals surface area contributed by atoms with Gasteiger partial charge in [-0.25, -0.2) is 0 Å². The Bertz CT molecular complexity index is 590. The van der Waals surface area contributed by atoms with Crippen LogP contribution in [0.1, 0.15) is 18.2 Å². The highest BCUT2D eigenvalue weighted by Gasteiger charge is 2.15. The van der Waals surface area contributed by atoms with Gasteiger partial charge in [-0.2, -0.15) is 0 Å². The smallest absolute Gasteiger partial charge is 0.134 e. The lowest BCUT2D eigenvalue weighted by atomic mass is 10.1. The van der Waals surface area contributed by atoms with Gasteiger partial charge < -0.3 is 9.73 Å². The third kappa shape index (κ3) is 3.84. The Hall–Kier alpha value is -1.84. The van der Waals surface area contributed by atoms with E-state index in [1.165, 1.54) is 10.9 Å². The van der Waals surface area contributed by atoms with Crippen LogP contribution >= 0.6 is 0 Å². The van der Waals surface area contributed by atoms with Crippen LogP contribution in [0, 0.1) is 0 Å². The van der Waals surface area contributed by atoms with Crippen molar-refractivity contribution in [1.82, 2.24) is 10.2 Å². The third-order valence-corrected chi connectivity index (χ3v) is 3.48. The first kappa shape index (κ1) is 15.5. The largest absolute Gasteiger partial charge is 0.459 e. The molecule has 0 unspecified atom stereocenters. The van der Waals surface area contributed by atoms with Crippen LogP contribution in [0.2, 0.25) is 0 Å². The zero-order chi connectivity index (χ0) is 15.1. The molecule has 0 bridgehead atoms. The minimum absolute atomic E-state index is 0.771. The molecule has 1 heterocycles. The highest BCUT2D eigenvalue weighted by Crippen LogP contribution is 2.26. The standard InChI is InChI=1S/C18H24N2O/c1-4-11-20(12-5-2)14-18-16(13-19-6-3)15-9-7-8-10-17(15)21-18/h4-5,7-10,19H,1-2,6,11-14H2,3H3. The number of nitrogens with one attached hydrogen (secondary N) is 1. The molecular weight excluding hydrogens is 260 g/mol. The van der Waals surface area contributed by atoms with E-state index < -0.39 is 0 Å². The zero-order valence-electron chi connectivity index (χ0n) is 12.8. The maximum Gasteiger partial charge on any atom is 0.134 e. The van der Waals surface area contributed by atoms with E-state index in [2.05, 4.69) is 42.4 Å². The van der Waals surface area contributed by atoms with Crippen molar-refractivity contribution < 1.29 is 4.42 Å². The summed E-state index contributed by atoms with van der Waals surface area (Å²) in [7, 11) is 0. The lowest BCUT2D eigenvalue weighted by Crippen LogP contribution is -2.24. The van der Waals surface area contributed by atoms with Gasteiger partial charge in [0.2, 0.25) is 0 Å². The van der Waals surface area contributed by atoms with Crippen LogP contribution in [0.25, 0.3) is 11.0 Å². The number of nitrogens with zero attached hydrogens (tertiary/aromatic N) is 1. The second kappa shape index (κ2) is 7.81. The second-order valence-corrected chi connectivity index (χ2v) is 5.05. The predicted octanol–water partition coefficient (Wildman–Crippen LogP) is 3.72. The molecular formula is C18H24N2O. The highest BCUT2D eigenvalue weighted by atomic mass is 16.3. The topological polar surface area (TPSA) is 28.4 Å². The maximum atomic E-state index is 6.07. The second-order valence-electron chi connectivity index (χ2n) is 5.05. The van der Waals surface area contributed by atoms with Crippen LogP contribution in [-0.2, 0) is 13.1 Å². The molecule has 0 atom stereocenters. The van der Waals surface area contributed by atoms with Crippen molar-refractivity contribution >= 4 is 11.0 Å². The zero-order valence-corrected chi connectivity index (χ0v) is 12.8. The fourth-order valence-corrected chi connectivity index (χ4v) is 2.49. The molecule has 112 valence electrons. The number of hydrogen-bond donors (Lipinski definition) is 1. The molecule has 0 saturated heterocycles. The Labute approximate surface area is 126 Å². The normalized spacial score (nSPS) is 11.1. The van der Waals surface area contributed by atoms with Crippen molar-refractivity contribution in [3.63, 3.8) is 0 Å². The molecule has 0 amide bonds. The fourth-order valence-electron chi connectivity index (χ4n) is 2.49. The van der Waals surface area contributed by atoms with Gasteiger partial charge in [0.1, 0.15) is 11.3 Å². The fraction of sp³-hybridized carbons (Fsp3) is 0.333. The van der Waals surface area contributed by atoms with Crippen molar-refractivity contribution in [2.75, 3.05) is 19.6 Å². The van der Waals surface area contributed by atoms with E-state index in [1.54, 1.807) is 0 Å². The third-order valence-electron chi connectivity index (χ3n) is 3.48. The summed E-state index contributed by atoms with van der Waals surface area (Å²) in [6.45, 7) is 14.0. The lowest BCUT2D eigenvalue weighted by molar-refractivity contribution is 0.297. The van der Waals surface area contributed by atoms with E-state index in [1.807, 2.05) is 24.3 Å². The van der Waals surface area contributed by atoms with Crippen LogP contribution in [0.15, 0.2) is 54.0 Å². The van der Waals surface area contributed by atoms with Gasteiger partial charge in [0, 0.05) is 30.6 Å². The number of rotatable bonds is 9. The summed E-state index contributed by atoms with van der Waals surface area (Å²) in [5.74, 6) is 1.03. The molecule has 3 nitrogen and oxygen atoms in total. The van der Waals surface area contributed by atoms with Crippen LogP contribution < -0.4 is 5.32 Å². The first-order valence-electron chi connectivity index (χ1n) is 7.44. The minimum Gasteiger partial charge on any atom is -0.459 e. The van der Waals surface area contributed by atoms with Gasteiger partial charge in [-0.15, -0.1) is 13.2 Å². The number of benzene rings is 1. The molecule has 1 aromatic carbocycles. The number of para-hydroxylation sites is 1. The summed E-state index contributed by atoms with van der Waals surface area (Å²) in [4.78, 5) is 2.26. The summed E-state index contributed by atoms with van der Waals surface area (Å²) in [5, 5.41) is 4.60. The predicted molar refractivity (Wildman–Crippen MR) is 89.3 cm³/mol. The van der Waals surface area contributed by atoms with E-state index >= 15 is 0 Å². The number of furan rings is 1. The first-order chi connectivity index (χ1) is 10.3. The van der Waals surface area contributed by atoms with Crippen molar-refractivity contribution in [3.8, 4) is 0 Å². The van der Waals surface area contributed by atoms with Gasteiger partial charge in [-0.1, -0.05) is 37.3 Å². The minimum atomic E-state index is 0.771. The van der Waals surface area contributed by atoms with Gasteiger partial charge >= 0.3 is 0 Å². The van der Waals surface area contributed by atoms with E-state index in [0.717, 1.165) is 44.1 Å². The quantitative estimate of drug-likeness (QED) is 0.711. The van der Waals surface area contributed by atoms with Crippen molar-refractivity contribution in [3.05, 3.63) is 60.9 Å². The maximum absolute atomic E-state index is 6.07. The molecule has 21 heavy (non-hydrogen) atoms. The van der Waals surface area contributed by atoms with Gasteiger partial charge in [0.15, 0.2) is 0 Å². The van der Waals surface area contributed by atoms with Crippen LogP contribution in [0.3, 0.4) is 0 Å². The van der Waals surface area contributed by atoms with E-state index in [9.17, 15) is 0 Å². The number of hydrogen-bond acceptors (Lipinski definition) is 3. The van der Waals surface area contributed by atoms with E-state index in [4.69, 9.17) is 4.42 Å². The van der Waals surface area contributed by atoms with Gasteiger partial charge in [0.05, 0.1) is 6.54 Å². The van der Waals surface area contributed by atoms with Crippen LogP contribution in [-0.4, -0.2) is 24.5 Å². The Balaban J connectivity index is 2.31. The van der Waals surface area contributed by atoms with Gasteiger partial charge in [-0.3, -0.25) is 4.90 Å². The summed E-state index contributed by atoms with van der Waals surface area (Å²) >= 11 is 0. The Morgan fingerprint density at radius 3 is 2.57 bits per heavy atom. The molecule has 0 aliphatic rings. The summed E-state index contributed by atoms with van der Waals surface area (Å²) in [5.41, 5.74) is 2.21. The van der Waals surface area contributed by atoms with Crippen LogP contribution in [0.4, 0.5) is 0 Å². The molecule has 0 aliphatic carbocycles. The average Bonchev–Trinajstić information content (AvgIpc) is 2.83. The Morgan fingerprint density at radius 1 is 1.19 bits per heavy atom. The van der Waals surface area contributed by atoms with Gasteiger partial charge in [0.25, 0.3) is 0 Å². The Morgan fingerprint density at radius 2 is 1.90 bits per heavy atom. The Kier molecular flexibility index (Phi) is 5.78. The molecule has 0 aliphatic heterocycles. The summed E-state index contributed by atoms with van der Waals surface area (Å²) in [6, 6.07) is 8.22. The molecule has 0 spiro atoms. The summed E-state index contributed by atoms with van der Waals surface area (Å²) in [6.07, 6.45) is 3.83. The molecule has 1 aromatic heterocycles. The number of fused-ring (bicyclic) bond motifs is 1. The van der Waals surface area contributed by atoms with Gasteiger partial charge in [-0.05, 0) is 12.6 Å². The van der Waals surface area contributed by atoms with E-state index in [-0.39, 0.29) is 0 Å². The molecule has 2 aromatic rings. The molecule has 1 N–H and O–H groups in total. The molecule has 0 radical (unpaired) electrons. The monoisotopic (exact) mass is 284 g/mol. The van der Waals surface area contributed by atoms with Crippen molar-refractivity contribution in [2.45, 2.75) is 20.0 Å². The molecule has 0 saturated carbocycles. The molecule has 0 fully saturated rings. The molecule has 3 heteroatoms. The highest BCUT2D eigenvalue weighted by molar-refractivity contribution is 5.82. The van der Waals surface area contributed by atoms with Crippen LogP contribution in [0.5, 0.6) is 0 Å².